The Labute approximate surface area is 141 Å². The Morgan fingerprint density at radius 1 is 1.14 bits per heavy atom. The zero-order chi connectivity index (χ0) is 14.1. The molecular weight excluding hydrogens is 372 g/mol. The number of nitrogens with one attached hydrogen (secondary N) is 1. The first kappa shape index (κ1) is 15.9. The second kappa shape index (κ2) is 6.56. The van der Waals surface area contributed by atoms with E-state index in [9.17, 15) is 4.79 Å². The molecule has 3 rings (SSSR count). The summed E-state index contributed by atoms with van der Waals surface area (Å²) in [6, 6.07) is 14.6. The third kappa shape index (κ3) is 3.26. The van der Waals surface area contributed by atoms with E-state index in [0.29, 0.717) is 15.4 Å². The monoisotopic (exact) mass is 382 g/mol. The minimum Gasteiger partial charge on any atom is -0.309 e. The Bertz CT molecular complexity index is 839. The van der Waals surface area contributed by atoms with Gasteiger partial charge in [-0.25, -0.2) is 0 Å². The molecule has 0 spiro atoms. The van der Waals surface area contributed by atoms with Crippen molar-refractivity contribution in [3.8, 4) is 0 Å². The number of carbonyl (C=O) groups excluding carboxylic acids is 1. The average molecular weight is 384 g/mol. The molecule has 0 amide bonds. The fourth-order valence-corrected chi connectivity index (χ4v) is 3.10. The Morgan fingerprint density at radius 3 is 2.52 bits per heavy atom. The molecule has 0 aliphatic rings. The van der Waals surface area contributed by atoms with Crippen LogP contribution in [-0.2, 0) is 6.54 Å². The summed E-state index contributed by atoms with van der Waals surface area (Å²) in [6.45, 7) is 0.171. The molecule has 2 aromatic carbocycles. The summed E-state index contributed by atoms with van der Waals surface area (Å²) in [4.78, 5) is 12.7. The molecule has 0 saturated heterocycles. The first-order valence-corrected chi connectivity index (χ1v) is 7.26. The number of carbonyl (C=O) groups is 1. The number of benzene rings is 2. The number of halogens is 2. The molecule has 3 aromatic rings. The van der Waals surface area contributed by atoms with Crippen molar-refractivity contribution in [3.05, 3.63) is 63.9 Å². The molecule has 0 atom stereocenters. The van der Waals surface area contributed by atoms with Crippen LogP contribution in [0.2, 0.25) is 5.02 Å². The summed E-state index contributed by atoms with van der Waals surface area (Å²) in [6.07, 6.45) is 0. The normalized spacial score (nSPS) is 10.3. The van der Waals surface area contributed by atoms with E-state index < -0.39 is 0 Å². The highest BCUT2D eigenvalue weighted by molar-refractivity contribution is 8.93. The number of fused-ring (bicyclic) bond motifs is 1. The van der Waals surface area contributed by atoms with E-state index in [0.717, 1.165) is 10.2 Å². The van der Waals surface area contributed by atoms with Gasteiger partial charge in [-0.1, -0.05) is 35.1 Å². The molecule has 108 valence electrons. The zero-order valence-corrected chi connectivity index (χ0v) is 14.2. The number of thiazole rings is 1. The van der Waals surface area contributed by atoms with Crippen LogP contribution in [0, 0.1) is 5.41 Å². The summed E-state index contributed by atoms with van der Waals surface area (Å²) < 4.78 is 2.75. The summed E-state index contributed by atoms with van der Waals surface area (Å²) in [5, 5.41) is 8.60. The number of hydrogen-bond acceptors (Lipinski definition) is 3. The van der Waals surface area contributed by atoms with Crippen molar-refractivity contribution < 1.29 is 4.79 Å². The number of Topliss-reactive ketones (excluding diaryl/α,β-unsaturated/α-hetero) is 1. The summed E-state index contributed by atoms with van der Waals surface area (Å²) >= 11 is 7.19. The van der Waals surface area contributed by atoms with Crippen molar-refractivity contribution in [1.29, 1.82) is 5.41 Å². The Kier molecular flexibility index (Phi) is 4.98. The fraction of sp³-hybridized carbons (Fsp3) is 0.0667. The van der Waals surface area contributed by atoms with Gasteiger partial charge in [-0.2, -0.15) is 0 Å². The second-order valence-electron chi connectivity index (χ2n) is 4.39. The number of nitrogens with zero attached hydrogens (tertiary/aromatic N) is 1. The Balaban J connectivity index is 0.00000161. The smallest absolute Gasteiger partial charge is 0.183 e. The van der Waals surface area contributed by atoms with Crippen LogP contribution in [0.3, 0.4) is 0 Å². The molecule has 0 radical (unpaired) electrons. The SMILES string of the molecule is Br.N=c1sc2ccccc2n1CC(=O)c1ccc(Cl)cc1. The van der Waals surface area contributed by atoms with Crippen molar-refractivity contribution in [2.24, 2.45) is 0 Å². The standard InChI is InChI=1S/C15H11ClN2OS.BrH/c16-11-7-5-10(6-8-11)13(19)9-18-12-3-1-2-4-14(12)20-15(18)17;/h1-8,17H,9H2;1H. The molecule has 1 N–H and O–H groups in total. The van der Waals surface area contributed by atoms with E-state index in [2.05, 4.69) is 0 Å². The lowest BCUT2D eigenvalue weighted by atomic mass is 10.1. The summed E-state index contributed by atoms with van der Waals surface area (Å²) in [5.74, 6) is -0.0243. The molecule has 6 heteroatoms. The first-order valence-electron chi connectivity index (χ1n) is 6.07. The Morgan fingerprint density at radius 2 is 1.81 bits per heavy atom. The molecule has 0 aliphatic heterocycles. The largest absolute Gasteiger partial charge is 0.309 e. The number of para-hydroxylation sites is 1. The van der Waals surface area contributed by atoms with Gasteiger partial charge in [0, 0.05) is 10.6 Å². The lowest BCUT2D eigenvalue weighted by Crippen LogP contribution is -2.19. The first-order chi connectivity index (χ1) is 9.65. The van der Waals surface area contributed by atoms with E-state index in [1.807, 2.05) is 24.3 Å². The number of hydrogen-bond donors (Lipinski definition) is 1. The molecule has 0 aliphatic carbocycles. The maximum Gasteiger partial charge on any atom is 0.183 e. The van der Waals surface area contributed by atoms with Crippen LogP contribution in [0.4, 0.5) is 0 Å². The van der Waals surface area contributed by atoms with Crippen molar-refractivity contribution in [1.82, 2.24) is 4.57 Å². The van der Waals surface area contributed by atoms with Crippen LogP contribution in [0.25, 0.3) is 10.2 Å². The van der Waals surface area contributed by atoms with Gasteiger partial charge in [0.1, 0.15) is 0 Å². The van der Waals surface area contributed by atoms with Gasteiger partial charge in [0.15, 0.2) is 10.6 Å². The van der Waals surface area contributed by atoms with E-state index in [1.54, 1.807) is 28.8 Å². The molecular formula is C15H12BrClN2OS. The van der Waals surface area contributed by atoms with Crippen LogP contribution >= 0.6 is 39.9 Å². The second-order valence-corrected chi connectivity index (χ2v) is 5.86. The molecule has 0 saturated carbocycles. The van der Waals surface area contributed by atoms with Crippen molar-refractivity contribution >= 4 is 55.9 Å². The van der Waals surface area contributed by atoms with Gasteiger partial charge in [-0.15, -0.1) is 17.0 Å². The van der Waals surface area contributed by atoms with Gasteiger partial charge in [0.25, 0.3) is 0 Å². The minimum absolute atomic E-state index is 0. The van der Waals surface area contributed by atoms with Gasteiger partial charge in [-0.05, 0) is 36.4 Å². The fourth-order valence-electron chi connectivity index (χ4n) is 2.06. The zero-order valence-electron chi connectivity index (χ0n) is 10.9. The van der Waals surface area contributed by atoms with Crippen molar-refractivity contribution in [2.75, 3.05) is 0 Å². The molecule has 3 nitrogen and oxygen atoms in total. The number of aromatic nitrogens is 1. The molecule has 0 unspecified atom stereocenters. The molecule has 0 bridgehead atoms. The quantitative estimate of drug-likeness (QED) is 0.674. The highest BCUT2D eigenvalue weighted by atomic mass is 79.9. The van der Waals surface area contributed by atoms with Gasteiger partial charge < -0.3 is 4.57 Å². The van der Waals surface area contributed by atoms with Crippen LogP contribution in [0.5, 0.6) is 0 Å². The van der Waals surface area contributed by atoms with E-state index >= 15 is 0 Å². The van der Waals surface area contributed by atoms with E-state index in [4.69, 9.17) is 17.0 Å². The van der Waals surface area contributed by atoms with E-state index in [-0.39, 0.29) is 29.3 Å². The molecule has 0 fully saturated rings. The van der Waals surface area contributed by atoms with Crippen molar-refractivity contribution in [2.45, 2.75) is 6.54 Å². The van der Waals surface area contributed by atoms with Crippen LogP contribution in [0.15, 0.2) is 48.5 Å². The average Bonchev–Trinajstić information content (AvgIpc) is 2.76. The third-order valence-corrected chi connectivity index (χ3v) is 4.31. The molecule has 1 aromatic heterocycles. The summed E-state index contributed by atoms with van der Waals surface area (Å²) in [5.41, 5.74) is 1.53. The summed E-state index contributed by atoms with van der Waals surface area (Å²) in [7, 11) is 0. The predicted molar refractivity (Wildman–Crippen MR) is 91.8 cm³/mol. The number of ketones is 1. The Hall–Kier alpha value is -1.43. The van der Waals surface area contributed by atoms with Crippen LogP contribution in [-0.4, -0.2) is 10.4 Å². The van der Waals surface area contributed by atoms with Gasteiger partial charge in [0.05, 0.1) is 16.8 Å². The van der Waals surface area contributed by atoms with Crippen molar-refractivity contribution in [3.63, 3.8) is 0 Å². The van der Waals surface area contributed by atoms with Crippen LogP contribution < -0.4 is 4.80 Å². The third-order valence-electron chi connectivity index (χ3n) is 3.08. The maximum atomic E-state index is 12.3. The molecule has 21 heavy (non-hydrogen) atoms. The lowest BCUT2D eigenvalue weighted by molar-refractivity contribution is 0.0972. The lowest BCUT2D eigenvalue weighted by Gasteiger charge is -2.04. The van der Waals surface area contributed by atoms with E-state index in [1.165, 1.54) is 11.3 Å². The maximum absolute atomic E-state index is 12.3. The van der Waals surface area contributed by atoms with Gasteiger partial charge >= 0.3 is 0 Å². The van der Waals surface area contributed by atoms with Gasteiger partial charge in [-0.3, -0.25) is 10.2 Å². The minimum atomic E-state index is -0.0243. The topological polar surface area (TPSA) is 45.9 Å². The number of rotatable bonds is 3. The highest BCUT2D eigenvalue weighted by Crippen LogP contribution is 2.17. The predicted octanol–water partition coefficient (Wildman–Crippen LogP) is 4.30. The highest BCUT2D eigenvalue weighted by Gasteiger charge is 2.11. The van der Waals surface area contributed by atoms with Crippen LogP contribution in [0.1, 0.15) is 10.4 Å². The van der Waals surface area contributed by atoms with Gasteiger partial charge in [0.2, 0.25) is 0 Å². The molecule has 1 heterocycles.